The van der Waals surface area contributed by atoms with Gasteiger partial charge in [-0.25, -0.2) is 4.98 Å². The summed E-state index contributed by atoms with van der Waals surface area (Å²) in [5.74, 6) is 0.897. The normalized spacial score (nSPS) is 11.9. The molecule has 0 fully saturated rings. The summed E-state index contributed by atoms with van der Waals surface area (Å²) in [6.07, 6.45) is 0. The molecular weight excluding hydrogens is 398 g/mol. The number of hydrogen-bond acceptors (Lipinski definition) is 5. The van der Waals surface area contributed by atoms with Crippen LogP contribution < -0.4 is 16.0 Å². The zero-order valence-corrected chi connectivity index (χ0v) is 17.0. The van der Waals surface area contributed by atoms with E-state index in [1.165, 1.54) is 4.57 Å². The molecule has 0 saturated carbocycles. The second kappa shape index (κ2) is 8.42. The molecule has 4 rings (SSSR count). The van der Waals surface area contributed by atoms with Gasteiger partial charge < -0.3 is 10.5 Å². The fourth-order valence-electron chi connectivity index (χ4n) is 2.92. The van der Waals surface area contributed by atoms with Crippen molar-refractivity contribution in [2.75, 3.05) is 0 Å². The van der Waals surface area contributed by atoms with Crippen LogP contribution in [-0.2, 0) is 4.79 Å². The maximum atomic E-state index is 13.2. The monoisotopic (exact) mass is 417 g/mol. The highest BCUT2D eigenvalue weighted by Gasteiger charge is 2.18. The van der Waals surface area contributed by atoms with Crippen molar-refractivity contribution in [1.29, 1.82) is 0 Å². The first-order valence-electron chi connectivity index (χ1n) is 9.34. The molecule has 0 saturated heterocycles. The van der Waals surface area contributed by atoms with Crippen molar-refractivity contribution in [1.82, 2.24) is 9.55 Å². The Balaban J connectivity index is 1.77. The van der Waals surface area contributed by atoms with Gasteiger partial charge in [0.05, 0.1) is 21.8 Å². The van der Waals surface area contributed by atoms with E-state index in [0.29, 0.717) is 27.5 Å². The number of rotatable bonds is 6. The van der Waals surface area contributed by atoms with E-state index in [1.807, 2.05) is 36.4 Å². The Kier molecular flexibility index (Phi) is 5.54. The van der Waals surface area contributed by atoms with Crippen molar-refractivity contribution in [2.45, 2.75) is 17.3 Å². The number of carbonyl (C=O) groups excluding carboxylic acids is 1. The molecule has 0 aliphatic heterocycles. The lowest BCUT2D eigenvalue weighted by Crippen LogP contribution is -2.26. The van der Waals surface area contributed by atoms with E-state index in [0.717, 1.165) is 17.5 Å². The summed E-state index contributed by atoms with van der Waals surface area (Å²) >= 11 is 1.16. The fourth-order valence-corrected chi connectivity index (χ4v) is 3.80. The van der Waals surface area contributed by atoms with Gasteiger partial charge in [-0.3, -0.25) is 14.2 Å². The number of nitrogens with zero attached hydrogens (tertiary/aromatic N) is 2. The Labute approximate surface area is 177 Å². The van der Waals surface area contributed by atoms with Crippen LogP contribution in [0.4, 0.5) is 0 Å². The van der Waals surface area contributed by atoms with Crippen LogP contribution in [0.25, 0.3) is 16.6 Å². The van der Waals surface area contributed by atoms with Crippen LogP contribution in [0.1, 0.15) is 6.92 Å². The van der Waals surface area contributed by atoms with Crippen molar-refractivity contribution >= 4 is 28.6 Å². The topological polar surface area (TPSA) is 87.2 Å². The van der Waals surface area contributed by atoms with Crippen molar-refractivity contribution in [3.05, 3.63) is 89.2 Å². The summed E-state index contributed by atoms with van der Waals surface area (Å²) < 4.78 is 7.33. The number of fused-ring (bicyclic) bond motifs is 1. The van der Waals surface area contributed by atoms with E-state index >= 15 is 0 Å². The van der Waals surface area contributed by atoms with Crippen molar-refractivity contribution in [2.24, 2.45) is 5.73 Å². The zero-order chi connectivity index (χ0) is 21.1. The SMILES string of the molecule is CC(Sc1nc2ccccc2c(=O)n1-c1ccc(Oc2ccccc2)cc1)C(N)=O. The van der Waals surface area contributed by atoms with Gasteiger partial charge in [-0.05, 0) is 55.5 Å². The standard InChI is InChI=1S/C23H19N3O3S/c1-15(21(24)27)30-23-25-20-10-6-5-9-19(20)22(28)26(23)16-11-13-18(14-12-16)29-17-7-3-2-4-8-17/h2-15H,1H3,(H2,24,27). The first-order chi connectivity index (χ1) is 14.5. The van der Waals surface area contributed by atoms with Crippen LogP contribution in [-0.4, -0.2) is 20.7 Å². The Morgan fingerprint density at radius 1 is 0.967 bits per heavy atom. The van der Waals surface area contributed by atoms with Crippen molar-refractivity contribution < 1.29 is 9.53 Å². The van der Waals surface area contributed by atoms with Gasteiger partial charge in [0.2, 0.25) is 5.91 Å². The smallest absolute Gasteiger partial charge is 0.266 e. The van der Waals surface area contributed by atoms with E-state index in [9.17, 15) is 9.59 Å². The molecule has 1 heterocycles. The molecule has 1 unspecified atom stereocenters. The quantitative estimate of drug-likeness (QED) is 0.376. The van der Waals surface area contributed by atoms with E-state index in [1.54, 1.807) is 49.4 Å². The number of primary amides is 1. The highest BCUT2D eigenvalue weighted by molar-refractivity contribution is 8.00. The van der Waals surface area contributed by atoms with Crippen LogP contribution in [0.2, 0.25) is 0 Å². The van der Waals surface area contributed by atoms with Gasteiger partial charge in [-0.1, -0.05) is 42.1 Å². The third-order valence-corrected chi connectivity index (χ3v) is 5.57. The molecule has 7 heteroatoms. The van der Waals surface area contributed by atoms with Gasteiger partial charge in [-0.2, -0.15) is 0 Å². The molecule has 0 radical (unpaired) electrons. The first-order valence-corrected chi connectivity index (χ1v) is 10.2. The molecule has 6 nitrogen and oxygen atoms in total. The molecule has 0 bridgehead atoms. The summed E-state index contributed by atoms with van der Waals surface area (Å²) in [4.78, 5) is 29.4. The molecule has 4 aromatic rings. The average Bonchev–Trinajstić information content (AvgIpc) is 2.75. The zero-order valence-electron chi connectivity index (χ0n) is 16.2. The number of hydrogen-bond donors (Lipinski definition) is 1. The molecule has 3 aromatic carbocycles. The van der Waals surface area contributed by atoms with E-state index in [-0.39, 0.29) is 5.56 Å². The summed E-state index contributed by atoms with van der Waals surface area (Å²) in [5.41, 5.74) is 6.41. The fraction of sp³-hybridized carbons (Fsp3) is 0.0870. The molecule has 30 heavy (non-hydrogen) atoms. The lowest BCUT2D eigenvalue weighted by molar-refractivity contribution is -0.117. The molecular formula is C23H19N3O3S. The predicted molar refractivity (Wildman–Crippen MR) is 118 cm³/mol. The van der Waals surface area contributed by atoms with E-state index in [2.05, 4.69) is 4.98 Å². The summed E-state index contributed by atoms with van der Waals surface area (Å²) in [6, 6.07) is 23.7. The molecule has 0 aliphatic rings. The number of amides is 1. The van der Waals surface area contributed by atoms with E-state index in [4.69, 9.17) is 10.5 Å². The third-order valence-electron chi connectivity index (χ3n) is 4.50. The molecule has 2 N–H and O–H groups in total. The molecule has 0 spiro atoms. The minimum atomic E-state index is -0.537. The van der Waals surface area contributed by atoms with Gasteiger partial charge in [-0.15, -0.1) is 0 Å². The Bertz CT molecular complexity index is 1250. The lowest BCUT2D eigenvalue weighted by Gasteiger charge is -2.15. The van der Waals surface area contributed by atoms with Crippen molar-refractivity contribution in [3.63, 3.8) is 0 Å². The number of ether oxygens (including phenoxy) is 1. The molecule has 1 aromatic heterocycles. The van der Waals surface area contributed by atoms with Gasteiger partial charge in [0.1, 0.15) is 11.5 Å². The number of nitrogens with two attached hydrogens (primary N) is 1. The van der Waals surface area contributed by atoms with Crippen LogP contribution in [0.3, 0.4) is 0 Å². The number of thioether (sulfide) groups is 1. The number of para-hydroxylation sites is 2. The van der Waals surface area contributed by atoms with Gasteiger partial charge in [0.15, 0.2) is 5.16 Å². The predicted octanol–water partition coefficient (Wildman–Crippen LogP) is 4.14. The second-order valence-electron chi connectivity index (χ2n) is 6.62. The minimum Gasteiger partial charge on any atom is -0.457 e. The van der Waals surface area contributed by atoms with Crippen molar-refractivity contribution in [3.8, 4) is 17.2 Å². The Morgan fingerprint density at radius 3 is 2.30 bits per heavy atom. The Hall–Kier alpha value is -3.58. The highest BCUT2D eigenvalue weighted by atomic mass is 32.2. The maximum absolute atomic E-state index is 13.2. The summed E-state index contributed by atoms with van der Waals surface area (Å²) in [5, 5.41) is 0.366. The van der Waals surface area contributed by atoms with E-state index < -0.39 is 11.2 Å². The third kappa shape index (κ3) is 4.06. The summed E-state index contributed by atoms with van der Waals surface area (Å²) in [7, 11) is 0. The molecule has 0 aliphatic carbocycles. The Morgan fingerprint density at radius 2 is 1.60 bits per heavy atom. The van der Waals surface area contributed by atoms with Gasteiger partial charge in [0.25, 0.3) is 5.56 Å². The van der Waals surface area contributed by atoms with Crippen LogP contribution in [0, 0.1) is 0 Å². The largest absolute Gasteiger partial charge is 0.457 e. The molecule has 1 amide bonds. The first kappa shape index (κ1) is 19.7. The molecule has 1 atom stereocenters. The van der Waals surface area contributed by atoms with Crippen LogP contribution in [0.15, 0.2) is 88.8 Å². The number of aromatic nitrogens is 2. The van der Waals surface area contributed by atoms with Crippen LogP contribution >= 0.6 is 11.8 Å². The van der Waals surface area contributed by atoms with Gasteiger partial charge >= 0.3 is 0 Å². The maximum Gasteiger partial charge on any atom is 0.266 e. The second-order valence-corrected chi connectivity index (χ2v) is 7.93. The van der Waals surface area contributed by atoms with Crippen LogP contribution in [0.5, 0.6) is 11.5 Å². The minimum absolute atomic E-state index is 0.212. The molecule has 150 valence electrons. The average molecular weight is 417 g/mol. The lowest BCUT2D eigenvalue weighted by atomic mass is 10.2. The van der Waals surface area contributed by atoms with Gasteiger partial charge in [0, 0.05) is 0 Å². The number of benzene rings is 3. The summed E-state index contributed by atoms with van der Waals surface area (Å²) in [6.45, 7) is 1.69. The highest BCUT2D eigenvalue weighted by Crippen LogP contribution is 2.27. The number of carbonyl (C=O) groups is 1.